The van der Waals surface area contributed by atoms with Gasteiger partial charge in [0.15, 0.2) is 0 Å². The average molecular weight is 542 g/mol. The number of likely N-dealkylation sites (tertiary alicyclic amines) is 1. The summed E-state index contributed by atoms with van der Waals surface area (Å²) in [5.41, 5.74) is 1.32. The largest absolute Gasteiger partial charge is 0.396 e. The van der Waals surface area contributed by atoms with E-state index < -0.39 is 22.6 Å². The molecule has 0 aliphatic carbocycles. The van der Waals surface area contributed by atoms with Crippen LogP contribution < -0.4 is 10.6 Å². The predicted molar refractivity (Wildman–Crippen MR) is 146 cm³/mol. The topological polar surface area (TPSA) is 98.7 Å². The fourth-order valence-corrected chi connectivity index (χ4v) is 8.97. The monoisotopic (exact) mass is 541 g/mol. The second kappa shape index (κ2) is 10.7. The van der Waals surface area contributed by atoms with Gasteiger partial charge in [-0.25, -0.2) is 0 Å². The summed E-state index contributed by atoms with van der Waals surface area (Å²) in [6, 6.07) is 15.5. The number of nitrogens with zero attached hydrogens (tertiary/aromatic N) is 1. The van der Waals surface area contributed by atoms with Crippen molar-refractivity contribution < 1.29 is 19.5 Å². The first-order chi connectivity index (χ1) is 17.9. The molecule has 0 aromatic heterocycles. The van der Waals surface area contributed by atoms with E-state index in [4.69, 9.17) is 11.6 Å². The lowest BCUT2D eigenvalue weighted by Gasteiger charge is -2.38. The lowest BCUT2D eigenvalue weighted by Crippen LogP contribution is -2.54. The van der Waals surface area contributed by atoms with E-state index in [-0.39, 0.29) is 35.5 Å². The van der Waals surface area contributed by atoms with E-state index >= 15 is 0 Å². The minimum absolute atomic E-state index is 0.0185. The molecule has 0 radical (unpaired) electrons. The number of amides is 3. The quantitative estimate of drug-likeness (QED) is 0.408. The number of carbonyl (C=O) groups excluding carboxylic acids is 3. The number of aliphatic hydroxyl groups excluding tert-OH is 1. The molecular formula is C28H32ClN3O4S. The van der Waals surface area contributed by atoms with Crippen molar-refractivity contribution in [2.75, 3.05) is 23.8 Å². The van der Waals surface area contributed by atoms with E-state index in [1.807, 2.05) is 30.3 Å². The number of anilines is 2. The van der Waals surface area contributed by atoms with Crippen LogP contribution in [0.25, 0.3) is 0 Å². The molecule has 3 fully saturated rings. The molecule has 6 atom stereocenters. The van der Waals surface area contributed by atoms with Crippen molar-refractivity contribution in [2.24, 2.45) is 17.8 Å². The molecular weight excluding hydrogens is 510 g/mol. The summed E-state index contributed by atoms with van der Waals surface area (Å²) in [5, 5.41) is 15.8. The van der Waals surface area contributed by atoms with Gasteiger partial charge in [0.25, 0.3) is 0 Å². The van der Waals surface area contributed by atoms with Crippen molar-refractivity contribution in [3.8, 4) is 0 Å². The van der Waals surface area contributed by atoms with Gasteiger partial charge in [-0.05, 0) is 68.0 Å². The molecule has 3 N–H and O–H groups in total. The maximum Gasteiger partial charge on any atom is 0.248 e. The molecule has 37 heavy (non-hydrogen) atoms. The molecule has 2 bridgehead atoms. The number of hydrogen-bond donors (Lipinski definition) is 3. The first-order valence-corrected chi connectivity index (χ1v) is 14.1. The average Bonchev–Trinajstić information content (AvgIpc) is 3.47. The van der Waals surface area contributed by atoms with Crippen molar-refractivity contribution in [3.63, 3.8) is 0 Å². The van der Waals surface area contributed by atoms with Crippen LogP contribution in [0, 0.1) is 17.8 Å². The number of fused-ring (bicyclic) bond motifs is 1. The highest BCUT2D eigenvalue weighted by Crippen LogP contribution is 2.68. The zero-order chi connectivity index (χ0) is 26.2. The minimum atomic E-state index is -0.686. The molecule has 2 aromatic rings. The van der Waals surface area contributed by atoms with E-state index in [1.165, 1.54) is 0 Å². The van der Waals surface area contributed by atoms with Crippen molar-refractivity contribution >= 4 is 52.5 Å². The number of halogens is 1. The Kier molecular flexibility index (Phi) is 7.52. The molecule has 3 heterocycles. The van der Waals surface area contributed by atoms with Gasteiger partial charge in [-0.3, -0.25) is 14.4 Å². The molecule has 7 nitrogen and oxygen atoms in total. The highest BCUT2D eigenvalue weighted by molar-refractivity contribution is 8.02. The second-order valence-electron chi connectivity index (χ2n) is 10.2. The SMILES string of the molecule is CC1C[C@H]2SC13C(C(=O)Nc1ccc(Cl)cc1)N(CCCCCO)C(=O)[C@@H]3[C@H]2C(=O)Nc1ccccc1. The molecule has 3 aliphatic rings. The van der Waals surface area contributed by atoms with Gasteiger partial charge in [-0.2, -0.15) is 0 Å². The number of benzene rings is 2. The zero-order valence-corrected chi connectivity index (χ0v) is 22.3. The van der Waals surface area contributed by atoms with Gasteiger partial charge in [0.05, 0.1) is 16.6 Å². The molecule has 3 amide bonds. The Labute approximate surface area is 226 Å². The van der Waals surface area contributed by atoms with Crippen LogP contribution in [0.4, 0.5) is 11.4 Å². The van der Waals surface area contributed by atoms with Crippen LogP contribution >= 0.6 is 23.4 Å². The lowest BCUT2D eigenvalue weighted by atomic mass is 9.66. The van der Waals surface area contributed by atoms with Crippen LogP contribution in [0.5, 0.6) is 0 Å². The highest BCUT2D eigenvalue weighted by atomic mass is 35.5. The van der Waals surface area contributed by atoms with Gasteiger partial charge in [0.2, 0.25) is 17.7 Å². The number of thioether (sulfide) groups is 1. The van der Waals surface area contributed by atoms with Crippen LogP contribution in [-0.4, -0.2) is 56.9 Å². The number of rotatable bonds is 9. The third-order valence-corrected chi connectivity index (χ3v) is 10.3. The molecule has 5 rings (SSSR count). The Hall–Kier alpha value is -2.55. The number of aliphatic hydroxyl groups is 1. The summed E-state index contributed by atoms with van der Waals surface area (Å²) in [5.74, 6) is -1.47. The van der Waals surface area contributed by atoms with Gasteiger partial charge in [-0.1, -0.05) is 36.7 Å². The number of hydrogen-bond acceptors (Lipinski definition) is 5. The van der Waals surface area contributed by atoms with Crippen LogP contribution in [-0.2, 0) is 14.4 Å². The third kappa shape index (κ3) is 4.64. The Balaban J connectivity index is 1.46. The maximum absolute atomic E-state index is 14.0. The molecule has 3 saturated heterocycles. The molecule has 0 saturated carbocycles. The third-order valence-electron chi connectivity index (χ3n) is 8.01. The molecule has 1 spiro atoms. The Bertz CT molecular complexity index is 1160. The van der Waals surface area contributed by atoms with Gasteiger partial charge in [0, 0.05) is 34.8 Å². The molecule has 9 heteroatoms. The normalized spacial score (nSPS) is 29.9. The zero-order valence-electron chi connectivity index (χ0n) is 20.7. The smallest absolute Gasteiger partial charge is 0.248 e. The van der Waals surface area contributed by atoms with Crippen molar-refractivity contribution in [3.05, 3.63) is 59.6 Å². The van der Waals surface area contributed by atoms with Crippen LogP contribution in [0.3, 0.4) is 0 Å². The summed E-state index contributed by atoms with van der Waals surface area (Å²) in [6.07, 6.45) is 2.87. The van der Waals surface area contributed by atoms with E-state index in [9.17, 15) is 19.5 Å². The van der Waals surface area contributed by atoms with E-state index in [0.29, 0.717) is 35.8 Å². The standard InChI is InChI=1S/C28H32ClN3O4S/c1-17-16-21-22(25(34)30-19-8-4-2-5-9-19)23-27(36)32(14-6-3-7-15-33)24(28(17,23)37-21)26(35)31-20-12-10-18(29)11-13-20/h2,4-5,8-13,17,21-24,33H,3,6-7,14-16H2,1H3,(H,30,34)(H,31,35)/t17?,21-,22+,23+,24?,28?/m1/s1. The van der Waals surface area contributed by atoms with Gasteiger partial charge >= 0.3 is 0 Å². The molecule has 3 unspecified atom stereocenters. The Morgan fingerprint density at radius 1 is 1.03 bits per heavy atom. The molecule has 3 aliphatic heterocycles. The van der Waals surface area contributed by atoms with Crippen molar-refractivity contribution in [1.82, 2.24) is 4.90 Å². The highest BCUT2D eigenvalue weighted by Gasteiger charge is 2.75. The van der Waals surface area contributed by atoms with Crippen molar-refractivity contribution in [1.29, 1.82) is 0 Å². The number of unbranched alkanes of at least 4 members (excludes halogenated alkanes) is 2. The van der Waals surface area contributed by atoms with E-state index in [2.05, 4.69) is 17.6 Å². The number of para-hydroxylation sites is 1. The second-order valence-corrected chi connectivity index (χ2v) is 12.2. The van der Waals surface area contributed by atoms with Gasteiger partial charge < -0.3 is 20.6 Å². The summed E-state index contributed by atoms with van der Waals surface area (Å²) < 4.78 is -0.673. The molecule has 196 valence electrons. The lowest BCUT2D eigenvalue weighted by molar-refractivity contribution is -0.138. The number of nitrogens with one attached hydrogen (secondary N) is 2. The van der Waals surface area contributed by atoms with Crippen LogP contribution in [0.2, 0.25) is 5.02 Å². The summed E-state index contributed by atoms with van der Waals surface area (Å²) in [7, 11) is 0. The Morgan fingerprint density at radius 2 is 1.70 bits per heavy atom. The fourth-order valence-electron chi connectivity index (χ4n) is 6.42. The minimum Gasteiger partial charge on any atom is -0.396 e. The first kappa shape index (κ1) is 26.1. The predicted octanol–water partition coefficient (Wildman–Crippen LogP) is 4.42. The fraction of sp³-hybridized carbons (Fsp3) is 0.464. The van der Waals surface area contributed by atoms with E-state index in [1.54, 1.807) is 40.9 Å². The van der Waals surface area contributed by atoms with Crippen LogP contribution in [0.1, 0.15) is 32.6 Å². The van der Waals surface area contributed by atoms with Gasteiger partial charge in [-0.15, -0.1) is 11.8 Å². The number of carbonyl (C=O) groups is 3. The summed E-state index contributed by atoms with van der Waals surface area (Å²) in [6.45, 7) is 2.62. The van der Waals surface area contributed by atoms with Gasteiger partial charge in [0.1, 0.15) is 6.04 Å². The van der Waals surface area contributed by atoms with E-state index in [0.717, 1.165) is 12.8 Å². The Morgan fingerprint density at radius 3 is 2.41 bits per heavy atom. The van der Waals surface area contributed by atoms with Crippen molar-refractivity contribution in [2.45, 2.75) is 48.6 Å². The maximum atomic E-state index is 14.0. The first-order valence-electron chi connectivity index (χ1n) is 12.9. The summed E-state index contributed by atoms with van der Waals surface area (Å²) in [4.78, 5) is 43.2. The van der Waals surface area contributed by atoms with Crippen LogP contribution in [0.15, 0.2) is 54.6 Å². The molecule has 2 aromatic carbocycles. The summed E-state index contributed by atoms with van der Waals surface area (Å²) >= 11 is 7.68.